The summed E-state index contributed by atoms with van der Waals surface area (Å²) in [6.07, 6.45) is 1.35. The highest BCUT2D eigenvalue weighted by Gasteiger charge is 2.11. The average Bonchev–Trinajstić information content (AvgIpc) is 1.84. The minimum atomic E-state index is -1.10. The molecule has 45 valence electrons. The monoisotopic (exact) mass is 197 g/mol. The summed E-state index contributed by atoms with van der Waals surface area (Å²) < 4.78 is 0. The van der Waals surface area contributed by atoms with Gasteiger partial charge in [0.15, 0.2) is 11.2 Å². The van der Waals surface area contributed by atoms with Gasteiger partial charge in [0.1, 0.15) is 0 Å². The van der Waals surface area contributed by atoms with Crippen LogP contribution in [0.5, 0.6) is 0 Å². The van der Waals surface area contributed by atoms with Gasteiger partial charge in [0, 0.05) is 0 Å². The van der Waals surface area contributed by atoms with Crippen molar-refractivity contribution < 1.29 is 9.59 Å². The first kappa shape index (κ1) is 8.11. The third kappa shape index (κ3) is 2.43. The molecule has 8 heavy (non-hydrogen) atoms. The molecule has 0 fully saturated rings. The summed E-state index contributed by atoms with van der Waals surface area (Å²) >= 11 is 7.96. The first-order valence-corrected chi connectivity index (χ1v) is 3.38. The normalized spacial score (nSPS) is 12.8. The number of Topliss-reactive ketones (excluding diaryl/α,β-unsaturated/α-hetero) is 1. The van der Waals surface area contributed by atoms with Crippen LogP contribution < -0.4 is 0 Å². The minimum Gasteiger partial charge on any atom is -0.297 e. The Bertz CT molecular complexity index is 104. The van der Waals surface area contributed by atoms with Gasteiger partial charge in [-0.15, -0.1) is 11.6 Å². The van der Waals surface area contributed by atoms with Crippen molar-refractivity contribution in [1.29, 1.82) is 0 Å². The largest absolute Gasteiger partial charge is 0.297 e. The van der Waals surface area contributed by atoms with Gasteiger partial charge >= 0.3 is 0 Å². The molecule has 0 N–H and O–H groups in total. The average molecular weight is 198 g/mol. The van der Waals surface area contributed by atoms with E-state index in [4.69, 9.17) is 11.6 Å². The van der Waals surface area contributed by atoms with E-state index >= 15 is 0 Å². The van der Waals surface area contributed by atoms with E-state index < -0.39 is 5.38 Å². The molecule has 1 atom stereocenters. The van der Waals surface area contributed by atoms with Crippen LogP contribution >= 0.6 is 27.5 Å². The third-order valence-electron chi connectivity index (χ3n) is 0.518. The fourth-order valence-corrected chi connectivity index (χ4v) is 0.721. The predicted molar refractivity (Wildman–Crippen MR) is 34.1 cm³/mol. The number of alkyl halides is 2. The molecule has 0 aliphatic rings. The summed E-state index contributed by atoms with van der Waals surface area (Å²) in [5.74, 6) is -0.360. The molecule has 0 spiro atoms. The first-order valence-electron chi connectivity index (χ1n) is 1.82. The Morgan fingerprint density at radius 1 is 1.88 bits per heavy atom. The van der Waals surface area contributed by atoms with Crippen LogP contribution in [0, 0.1) is 0 Å². The Balaban J connectivity index is 3.62. The van der Waals surface area contributed by atoms with E-state index in [0.29, 0.717) is 0 Å². The van der Waals surface area contributed by atoms with Gasteiger partial charge in [-0.3, -0.25) is 9.59 Å². The highest BCUT2D eigenvalue weighted by atomic mass is 79.9. The maximum Gasteiger partial charge on any atom is 0.225 e. The third-order valence-corrected chi connectivity index (χ3v) is 1.40. The van der Waals surface area contributed by atoms with Gasteiger partial charge in [0.05, 0.1) is 5.33 Å². The molecule has 0 heterocycles. The van der Waals surface area contributed by atoms with E-state index in [1.165, 1.54) is 6.29 Å². The lowest BCUT2D eigenvalue weighted by atomic mass is 10.3. The van der Waals surface area contributed by atoms with Crippen LogP contribution in [0.2, 0.25) is 0 Å². The number of ketones is 1. The molecular weight excluding hydrogens is 195 g/mol. The van der Waals surface area contributed by atoms with Crippen LogP contribution in [0.25, 0.3) is 0 Å². The quantitative estimate of drug-likeness (QED) is 0.493. The Morgan fingerprint density at radius 2 is 2.38 bits per heavy atom. The molecule has 1 unspecified atom stereocenters. The summed E-state index contributed by atoms with van der Waals surface area (Å²) in [5, 5.41) is -0.995. The zero-order chi connectivity index (χ0) is 6.57. The highest BCUT2D eigenvalue weighted by Crippen LogP contribution is 1.95. The molecule has 0 aromatic rings. The lowest BCUT2D eigenvalue weighted by Crippen LogP contribution is -2.16. The molecule has 1 radical (unpaired) electrons. The van der Waals surface area contributed by atoms with Gasteiger partial charge in [0.2, 0.25) is 6.29 Å². The summed E-state index contributed by atoms with van der Waals surface area (Å²) in [4.78, 5) is 19.9. The summed E-state index contributed by atoms with van der Waals surface area (Å²) in [5.41, 5.74) is 0. The van der Waals surface area contributed by atoms with Crippen LogP contribution in [-0.4, -0.2) is 22.8 Å². The van der Waals surface area contributed by atoms with Gasteiger partial charge in [-0.1, -0.05) is 15.9 Å². The van der Waals surface area contributed by atoms with Crippen LogP contribution in [0.4, 0.5) is 0 Å². The fourth-order valence-electron chi connectivity index (χ4n) is 0.133. The number of carbonyl (C=O) groups excluding carboxylic acids is 2. The topological polar surface area (TPSA) is 34.1 Å². The molecule has 0 aromatic carbocycles. The second-order valence-corrected chi connectivity index (χ2v) is 2.08. The minimum absolute atomic E-state index is 0.108. The second-order valence-electron chi connectivity index (χ2n) is 1.08. The molecule has 0 bridgehead atoms. The molecule has 0 aliphatic heterocycles. The van der Waals surface area contributed by atoms with Gasteiger partial charge in [-0.05, 0) is 0 Å². The molecule has 0 saturated carbocycles. The Hall–Kier alpha value is 0.110. The van der Waals surface area contributed by atoms with E-state index in [-0.39, 0.29) is 11.1 Å². The Labute approximate surface area is 60.3 Å². The Kier molecular flexibility index (Phi) is 4.09. The standard InChI is InChI=1S/C4H3BrClO2/c5-1-4(8)3(6)2-7/h3H,1H2. The van der Waals surface area contributed by atoms with Crippen LogP contribution in [0.15, 0.2) is 0 Å². The van der Waals surface area contributed by atoms with Gasteiger partial charge in [-0.2, -0.15) is 0 Å². The van der Waals surface area contributed by atoms with Crippen molar-refractivity contribution in [3.63, 3.8) is 0 Å². The van der Waals surface area contributed by atoms with Crippen molar-refractivity contribution in [2.24, 2.45) is 0 Å². The van der Waals surface area contributed by atoms with Gasteiger partial charge in [-0.25, -0.2) is 0 Å². The zero-order valence-electron chi connectivity index (χ0n) is 3.86. The number of hydrogen-bond donors (Lipinski definition) is 0. The summed E-state index contributed by atoms with van der Waals surface area (Å²) in [7, 11) is 0. The molecule has 4 heteroatoms. The second kappa shape index (κ2) is 4.04. The maximum absolute atomic E-state index is 10.3. The van der Waals surface area contributed by atoms with E-state index in [9.17, 15) is 9.59 Å². The maximum atomic E-state index is 10.3. The van der Waals surface area contributed by atoms with E-state index in [1.54, 1.807) is 0 Å². The number of rotatable bonds is 3. The van der Waals surface area contributed by atoms with Crippen molar-refractivity contribution in [2.75, 3.05) is 5.33 Å². The molecule has 0 amide bonds. The lowest BCUT2D eigenvalue weighted by Gasteiger charge is -1.90. The van der Waals surface area contributed by atoms with Crippen molar-refractivity contribution >= 4 is 39.6 Å². The number of hydrogen-bond acceptors (Lipinski definition) is 2. The van der Waals surface area contributed by atoms with Gasteiger partial charge < -0.3 is 0 Å². The number of halogens is 2. The molecular formula is C4H3BrClO2. The van der Waals surface area contributed by atoms with Crippen LogP contribution in [-0.2, 0) is 9.59 Å². The first-order chi connectivity index (χ1) is 3.72. The van der Waals surface area contributed by atoms with E-state index in [0.717, 1.165) is 0 Å². The lowest BCUT2D eigenvalue weighted by molar-refractivity contribution is -0.115. The number of carbonyl (C=O) groups is 1. The smallest absolute Gasteiger partial charge is 0.225 e. The van der Waals surface area contributed by atoms with Gasteiger partial charge in [0.25, 0.3) is 0 Å². The van der Waals surface area contributed by atoms with E-state index in [2.05, 4.69) is 15.9 Å². The Morgan fingerprint density at radius 3 is 2.50 bits per heavy atom. The van der Waals surface area contributed by atoms with Crippen molar-refractivity contribution in [3.05, 3.63) is 0 Å². The van der Waals surface area contributed by atoms with Crippen molar-refractivity contribution in [3.8, 4) is 0 Å². The summed E-state index contributed by atoms with van der Waals surface area (Å²) in [6.45, 7) is 0. The SMILES string of the molecule is O=[C]C(Cl)C(=O)CBr. The molecule has 0 saturated heterocycles. The molecule has 0 rings (SSSR count). The highest BCUT2D eigenvalue weighted by molar-refractivity contribution is 9.09. The molecule has 2 nitrogen and oxygen atoms in total. The molecule has 0 aromatic heterocycles. The van der Waals surface area contributed by atoms with E-state index in [1.807, 2.05) is 0 Å². The van der Waals surface area contributed by atoms with Crippen molar-refractivity contribution in [1.82, 2.24) is 0 Å². The fraction of sp³-hybridized carbons (Fsp3) is 0.500. The van der Waals surface area contributed by atoms with Crippen LogP contribution in [0.1, 0.15) is 0 Å². The molecule has 0 aliphatic carbocycles. The zero-order valence-corrected chi connectivity index (χ0v) is 6.20. The van der Waals surface area contributed by atoms with Crippen molar-refractivity contribution in [2.45, 2.75) is 5.38 Å². The van der Waals surface area contributed by atoms with Crippen LogP contribution in [0.3, 0.4) is 0 Å². The predicted octanol–water partition coefficient (Wildman–Crippen LogP) is 0.667. The summed E-state index contributed by atoms with van der Waals surface area (Å²) in [6, 6.07) is 0.